The fraction of sp³-hybridized carbons (Fsp3) is 0.261. The van der Waals surface area contributed by atoms with Crippen molar-refractivity contribution in [2.75, 3.05) is 0 Å². The van der Waals surface area contributed by atoms with E-state index in [9.17, 15) is 13.6 Å². The summed E-state index contributed by atoms with van der Waals surface area (Å²) in [6, 6.07) is 8.69. The number of hydrogen-bond donors (Lipinski definition) is 0. The van der Waals surface area contributed by atoms with Crippen molar-refractivity contribution in [2.45, 2.75) is 39.5 Å². The number of rotatable bonds is 7. The largest absolute Gasteiger partial charge is 0.423 e. The zero-order valence-corrected chi connectivity index (χ0v) is 16.4. The molecule has 2 aromatic carbocycles. The van der Waals surface area contributed by atoms with Crippen LogP contribution in [0.25, 0.3) is 11.4 Å². The topological polar surface area (TPSA) is 52.1 Å². The smallest absolute Gasteiger partial charge is 0.349 e. The molecule has 3 aromatic rings. The Kier molecular flexibility index (Phi) is 6.65. The summed E-state index contributed by atoms with van der Waals surface area (Å²) in [6.45, 7) is 4.01. The number of nitrogens with zero attached hydrogens (tertiary/aromatic N) is 2. The summed E-state index contributed by atoms with van der Waals surface area (Å²) in [5, 5.41) is 0. The summed E-state index contributed by atoms with van der Waals surface area (Å²) >= 11 is 0. The van der Waals surface area contributed by atoms with Gasteiger partial charge >= 0.3 is 5.97 Å². The zero-order chi connectivity index (χ0) is 20.8. The Hall–Kier alpha value is -3.15. The molecule has 6 heteroatoms. The molecule has 1 aromatic heterocycles. The lowest BCUT2D eigenvalue weighted by Crippen LogP contribution is -2.13. The van der Waals surface area contributed by atoms with Crippen LogP contribution in [0.3, 0.4) is 0 Å². The predicted molar refractivity (Wildman–Crippen MR) is 107 cm³/mol. The molecular weight excluding hydrogens is 374 g/mol. The summed E-state index contributed by atoms with van der Waals surface area (Å²) in [7, 11) is 0. The minimum atomic E-state index is -1.09. The van der Waals surface area contributed by atoms with Crippen LogP contribution >= 0.6 is 0 Å². The van der Waals surface area contributed by atoms with Crippen molar-refractivity contribution < 1.29 is 18.3 Å². The van der Waals surface area contributed by atoms with E-state index in [1.165, 1.54) is 0 Å². The number of aryl methyl sites for hydroxylation is 2. The monoisotopic (exact) mass is 396 g/mol. The van der Waals surface area contributed by atoms with E-state index < -0.39 is 23.2 Å². The van der Waals surface area contributed by atoms with Crippen molar-refractivity contribution >= 4 is 5.97 Å². The van der Waals surface area contributed by atoms with Crippen molar-refractivity contribution in [2.24, 2.45) is 0 Å². The van der Waals surface area contributed by atoms with E-state index in [4.69, 9.17) is 4.74 Å². The van der Waals surface area contributed by atoms with E-state index in [1.54, 1.807) is 36.7 Å². The van der Waals surface area contributed by atoms with Crippen LogP contribution in [0.1, 0.15) is 47.7 Å². The van der Waals surface area contributed by atoms with Gasteiger partial charge in [-0.05, 0) is 49.6 Å². The summed E-state index contributed by atoms with van der Waals surface area (Å²) < 4.78 is 34.1. The molecule has 150 valence electrons. The van der Waals surface area contributed by atoms with Gasteiger partial charge < -0.3 is 4.74 Å². The average molecular weight is 396 g/mol. The van der Waals surface area contributed by atoms with Gasteiger partial charge in [-0.1, -0.05) is 37.5 Å². The average Bonchev–Trinajstić information content (AvgIpc) is 2.70. The molecule has 0 saturated carbocycles. The summed E-state index contributed by atoms with van der Waals surface area (Å²) in [5.41, 5.74) is 1.36. The van der Waals surface area contributed by atoms with Crippen molar-refractivity contribution in [3.8, 4) is 17.1 Å². The van der Waals surface area contributed by atoms with E-state index in [2.05, 4.69) is 16.9 Å². The van der Waals surface area contributed by atoms with Gasteiger partial charge in [0.15, 0.2) is 5.82 Å². The first-order chi connectivity index (χ1) is 14.0. The zero-order valence-electron chi connectivity index (χ0n) is 16.4. The second-order valence-corrected chi connectivity index (χ2v) is 6.89. The third-order valence-electron chi connectivity index (χ3n) is 4.51. The first-order valence-electron chi connectivity index (χ1n) is 9.57. The number of esters is 1. The van der Waals surface area contributed by atoms with Gasteiger partial charge in [-0.25, -0.2) is 23.5 Å². The van der Waals surface area contributed by atoms with E-state index in [0.717, 1.165) is 48.9 Å². The van der Waals surface area contributed by atoms with Crippen LogP contribution in [0.2, 0.25) is 0 Å². The number of carbonyl (C=O) groups excluding carboxylic acids is 1. The van der Waals surface area contributed by atoms with Gasteiger partial charge in [-0.3, -0.25) is 0 Å². The first kappa shape index (κ1) is 20.6. The molecule has 0 aliphatic rings. The van der Waals surface area contributed by atoms with E-state index >= 15 is 0 Å². The second-order valence-electron chi connectivity index (χ2n) is 6.89. The third-order valence-corrected chi connectivity index (χ3v) is 4.51. The van der Waals surface area contributed by atoms with E-state index in [1.807, 2.05) is 6.92 Å². The number of halogens is 2. The molecule has 4 nitrogen and oxygen atoms in total. The molecule has 0 unspecified atom stereocenters. The maximum absolute atomic E-state index is 14.5. The molecule has 0 N–H and O–H groups in total. The van der Waals surface area contributed by atoms with Gasteiger partial charge in [0, 0.05) is 18.0 Å². The van der Waals surface area contributed by atoms with Crippen molar-refractivity contribution in [3.63, 3.8) is 0 Å². The Labute approximate surface area is 168 Å². The van der Waals surface area contributed by atoms with Crippen LogP contribution in [-0.4, -0.2) is 15.9 Å². The van der Waals surface area contributed by atoms with Crippen molar-refractivity contribution in [3.05, 3.63) is 77.1 Å². The number of hydrogen-bond acceptors (Lipinski definition) is 4. The standard InChI is InChI=1S/C23H22F2N2O2/c1-3-4-5-6-16-13-26-22(27-14-16)17-11-19(24)21(20(25)12-17)23(28)29-18-9-7-15(2)8-10-18/h7-14H,3-6H2,1-2H3. The van der Waals surface area contributed by atoms with Crippen molar-refractivity contribution in [1.29, 1.82) is 0 Å². The molecule has 0 aliphatic heterocycles. The first-order valence-corrected chi connectivity index (χ1v) is 9.57. The van der Waals surface area contributed by atoms with Gasteiger partial charge in [0.25, 0.3) is 0 Å². The molecule has 0 bridgehead atoms. The number of benzene rings is 2. The Morgan fingerprint density at radius 2 is 1.62 bits per heavy atom. The third kappa shape index (κ3) is 5.22. The normalized spacial score (nSPS) is 10.8. The number of unbranched alkanes of at least 4 members (excludes halogenated alkanes) is 2. The van der Waals surface area contributed by atoms with Crippen LogP contribution in [0, 0.1) is 18.6 Å². The Bertz CT molecular complexity index is 964. The van der Waals surface area contributed by atoms with Crippen LogP contribution in [0.5, 0.6) is 5.75 Å². The molecule has 29 heavy (non-hydrogen) atoms. The molecule has 0 saturated heterocycles. The predicted octanol–water partition coefficient (Wildman–Crippen LogP) is 5.68. The Balaban J connectivity index is 1.78. The van der Waals surface area contributed by atoms with Crippen LogP contribution in [-0.2, 0) is 6.42 Å². The molecule has 0 fully saturated rings. The van der Waals surface area contributed by atoms with Gasteiger partial charge in [0.1, 0.15) is 22.9 Å². The van der Waals surface area contributed by atoms with Gasteiger partial charge in [-0.15, -0.1) is 0 Å². The van der Waals surface area contributed by atoms with Gasteiger partial charge in [-0.2, -0.15) is 0 Å². The highest BCUT2D eigenvalue weighted by atomic mass is 19.1. The van der Waals surface area contributed by atoms with Crippen LogP contribution < -0.4 is 4.74 Å². The lowest BCUT2D eigenvalue weighted by atomic mass is 10.1. The maximum atomic E-state index is 14.5. The highest BCUT2D eigenvalue weighted by Gasteiger charge is 2.22. The minimum absolute atomic E-state index is 0.159. The fourth-order valence-electron chi connectivity index (χ4n) is 2.87. The molecule has 0 aliphatic carbocycles. The SMILES string of the molecule is CCCCCc1cnc(-c2cc(F)c(C(=O)Oc3ccc(C)cc3)c(F)c2)nc1. The second kappa shape index (κ2) is 9.37. The van der Waals surface area contributed by atoms with Gasteiger partial charge in [0.05, 0.1) is 0 Å². The molecule has 1 heterocycles. The quantitative estimate of drug-likeness (QED) is 0.293. The summed E-state index contributed by atoms with van der Waals surface area (Å²) in [4.78, 5) is 20.6. The van der Waals surface area contributed by atoms with Crippen LogP contribution in [0.4, 0.5) is 8.78 Å². The lowest BCUT2D eigenvalue weighted by molar-refractivity contribution is 0.0724. The molecule has 0 spiro atoms. The van der Waals surface area contributed by atoms with E-state index in [0.29, 0.717) is 0 Å². The van der Waals surface area contributed by atoms with Gasteiger partial charge in [0.2, 0.25) is 0 Å². The number of aromatic nitrogens is 2. The molecular formula is C23H22F2N2O2. The Morgan fingerprint density at radius 1 is 1.00 bits per heavy atom. The fourth-order valence-corrected chi connectivity index (χ4v) is 2.87. The van der Waals surface area contributed by atoms with Crippen molar-refractivity contribution in [1.82, 2.24) is 9.97 Å². The number of ether oxygens (including phenoxy) is 1. The summed E-state index contributed by atoms with van der Waals surface area (Å²) in [6.07, 6.45) is 7.47. The number of carbonyl (C=O) groups is 1. The molecule has 0 atom stereocenters. The Morgan fingerprint density at radius 3 is 2.21 bits per heavy atom. The lowest BCUT2D eigenvalue weighted by Gasteiger charge is -2.09. The van der Waals surface area contributed by atoms with E-state index in [-0.39, 0.29) is 17.1 Å². The highest BCUT2D eigenvalue weighted by molar-refractivity contribution is 5.92. The summed E-state index contributed by atoms with van der Waals surface area (Å²) in [5.74, 6) is -2.73. The van der Waals surface area contributed by atoms with Crippen LogP contribution in [0.15, 0.2) is 48.8 Å². The minimum Gasteiger partial charge on any atom is -0.423 e. The molecule has 0 radical (unpaired) electrons. The molecule has 0 amide bonds. The molecule has 3 rings (SSSR count). The maximum Gasteiger partial charge on any atom is 0.349 e. The highest BCUT2D eigenvalue weighted by Crippen LogP contribution is 2.24.